The first-order valence-electron chi connectivity index (χ1n) is 8.83. The van der Waals surface area contributed by atoms with Crippen LogP contribution in [-0.4, -0.2) is 24.4 Å². The zero-order valence-electron chi connectivity index (χ0n) is 15.4. The van der Waals surface area contributed by atoms with E-state index < -0.39 is 4.92 Å². The Labute approximate surface area is 165 Å². The van der Waals surface area contributed by atoms with E-state index in [4.69, 9.17) is 9.97 Å². The summed E-state index contributed by atoms with van der Waals surface area (Å²) in [5.74, 6) is 2.06. The highest BCUT2D eigenvalue weighted by molar-refractivity contribution is 7.18. The van der Waals surface area contributed by atoms with Gasteiger partial charge in [-0.1, -0.05) is 19.1 Å². The van der Waals surface area contributed by atoms with Crippen molar-refractivity contribution in [2.75, 3.05) is 5.32 Å². The molecule has 4 rings (SSSR count). The lowest BCUT2D eigenvalue weighted by Crippen LogP contribution is -2.07. The first-order chi connectivity index (χ1) is 13.5. The quantitative estimate of drug-likeness (QED) is 0.387. The summed E-state index contributed by atoms with van der Waals surface area (Å²) in [6.45, 7) is 4.43. The number of thiophene rings is 1. The van der Waals surface area contributed by atoms with Crippen LogP contribution in [0.5, 0.6) is 0 Å². The average molecular weight is 394 g/mol. The van der Waals surface area contributed by atoms with Crippen molar-refractivity contribution in [3.63, 3.8) is 0 Å². The van der Waals surface area contributed by atoms with Gasteiger partial charge < -0.3 is 5.32 Å². The average Bonchev–Trinajstić information content (AvgIpc) is 3.31. The number of aryl methyl sites for hydroxylation is 2. The van der Waals surface area contributed by atoms with Crippen molar-refractivity contribution < 1.29 is 4.92 Å². The molecule has 1 N–H and O–H groups in total. The molecule has 0 saturated heterocycles. The number of aromatic nitrogens is 4. The number of nitrogens with zero attached hydrogens (tertiary/aromatic N) is 5. The highest BCUT2D eigenvalue weighted by Crippen LogP contribution is 2.30. The lowest BCUT2D eigenvalue weighted by molar-refractivity contribution is -0.384. The van der Waals surface area contributed by atoms with Crippen LogP contribution in [0.4, 0.5) is 11.5 Å². The zero-order chi connectivity index (χ0) is 19.7. The number of nitro benzene ring substituents is 1. The molecule has 0 aliphatic heterocycles. The molecule has 0 radical (unpaired) electrons. The van der Waals surface area contributed by atoms with Crippen LogP contribution in [0.1, 0.15) is 23.2 Å². The summed E-state index contributed by atoms with van der Waals surface area (Å²) < 4.78 is 1.84. The Hall–Kier alpha value is -3.33. The van der Waals surface area contributed by atoms with Gasteiger partial charge in [0.25, 0.3) is 5.69 Å². The summed E-state index contributed by atoms with van der Waals surface area (Å²) in [7, 11) is 0. The number of nitro groups is 1. The van der Waals surface area contributed by atoms with E-state index >= 15 is 0 Å². The molecule has 3 heterocycles. The molecular weight excluding hydrogens is 376 g/mol. The van der Waals surface area contributed by atoms with Gasteiger partial charge in [0.05, 0.1) is 10.3 Å². The fourth-order valence-electron chi connectivity index (χ4n) is 2.93. The van der Waals surface area contributed by atoms with Crippen LogP contribution in [0.25, 0.3) is 16.2 Å². The topological polar surface area (TPSA) is 98.8 Å². The maximum absolute atomic E-state index is 11.0. The molecule has 0 unspecified atom stereocenters. The Morgan fingerprint density at radius 1 is 1.29 bits per heavy atom. The Bertz CT molecular complexity index is 1170. The Kier molecular flexibility index (Phi) is 4.74. The van der Waals surface area contributed by atoms with E-state index in [0.717, 1.165) is 28.0 Å². The van der Waals surface area contributed by atoms with Gasteiger partial charge in [-0.25, -0.2) is 9.97 Å². The van der Waals surface area contributed by atoms with Crippen molar-refractivity contribution in [3.8, 4) is 5.95 Å². The lowest BCUT2D eigenvalue weighted by atomic mass is 10.2. The van der Waals surface area contributed by atoms with Crippen LogP contribution in [0.2, 0.25) is 0 Å². The van der Waals surface area contributed by atoms with E-state index in [2.05, 4.69) is 23.3 Å². The Morgan fingerprint density at radius 3 is 2.86 bits per heavy atom. The third-order valence-corrected chi connectivity index (χ3v) is 5.58. The molecule has 3 aromatic heterocycles. The van der Waals surface area contributed by atoms with Crippen LogP contribution in [0.3, 0.4) is 0 Å². The van der Waals surface area contributed by atoms with Gasteiger partial charge in [-0.15, -0.1) is 11.3 Å². The predicted molar refractivity (Wildman–Crippen MR) is 109 cm³/mol. The van der Waals surface area contributed by atoms with Crippen LogP contribution in [0, 0.1) is 17.0 Å². The molecule has 0 atom stereocenters. The number of non-ortho nitro benzene ring substituents is 1. The van der Waals surface area contributed by atoms with Gasteiger partial charge in [0.1, 0.15) is 16.5 Å². The van der Waals surface area contributed by atoms with E-state index in [1.54, 1.807) is 29.7 Å². The molecule has 0 saturated carbocycles. The number of hydrogen-bond acceptors (Lipinski definition) is 7. The van der Waals surface area contributed by atoms with E-state index in [-0.39, 0.29) is 5.69 Å². The minimum Gasteiger partial charge on any atom is -0.365 e. The zero-order valence-corrected chi connectivity index (χ0v) is 16.2. The van der Waals surface area contributed by atoms with Gasteiger partial charge in [0.15, 0.2) is 0 Å². The van der Waals surface area contributed by atoms with Crippen molar-refractivity contribution in [1.82, 2.24) is 19.5 Å². The molecule has 0 amide bonds. The van der Waals surface area contributed by atoms with E-state index in [9.17, 15) is 10.1 Å². The molecule has 0 bridgehead atoms. The van der Waals surface area contributed by atoms with Gasteiger partial charge >= 0.3 is 0 Å². The molecule has 142 valence electrons. The number of nitrogens with one attached hydrogen (secondary N) is 1. The second kappa shape index (κ2) is 7.35. The summed E-state index contributed by atoms with van der Waals surface area (Å²) in [5, 5.41) is 15.3. The van der Waals surface area contributed by atoms with E-state index in [0.29, 0.717) is 18.3 Å². The maximum atomic E-state index is 11.0. The van der Waals surface area contributed by atoms with Gasteiger partial charge in [-0.05, 0) is 25.0 Å². The Balaban J connectivity index is 1.72. The van der Waals surface area contributed by atoms with Crippen molar-refractivity contribution in [2.24, 2.45) is 0 Å². The highest BCUT2D eigenvalue weighted by atomic mass is 32.1. The van der Waals surface area contributed by atoms with Gasteiger partial charge in [0.2, 0.25) is 5.95 Å². The number of rotatable bonds is 6. The van der Waals surface area contributed by atoms with Crippen LogP contribution >= 0.6 is 11.3 Å². The Morgan fingerprint density at radius 2 is 2.14 bits per heavy atom. The van der Waals surface area contributed by atoms with Crippen LogP contribution in [0.15, 0.2) is 42.7 Å². The monoisotopic (exact) mass is 394 g/mol. The fraction of sp³-hybridized carbons (Fsp3) is 0.211. The number of benzene rings is 1. The van der Waals surface area contributed by atoms with E-state index in [1.807, 2.05) is 23.8 Å². The van der Waals surface area contributed by atoms with Gasteiger partial charge in [0, 0.05) is 35.9 Å². The molecule has 4 aromatic rings. The van der Waals surface area contributed by atoms with Crippen molar-refractivity contribution >= 4 is 33.1 Å². The molecule has 0 spiro atoms. The second-order valence-electron chi connectivity index (χ2n) is 6.28. The molecule has 8 nitrogen and oxygen atoms in total. The second-order valence-corrected chi connectivity index (χ2v) is 7.40. The number of anilines is 1. The smallest absolute Gasteiger partial charge is 0.269 e. The van der Waals surface area contributed by atoms with Crippen molar-refractivity contribution in [3.05, 3.63) is 69.1 Å². The standard InChI is InChI=1S/C19H18N6O2S/c1-3-15-10-16-17(21-11-13-5-4-6-14(9-13)25(26)27)22-19(23-18(16)28-15)24-8-7-20-12(24)2/h4-10H,3,11H2,1-2H3,(H,21,22,23). The van der Waals surface area contributed by atoms with Crippen LogP contribution < -0.4 is 5.32 Å². The number of hydrogen-bond donors (Lipinski definition) is 1. The first kappa shape index (κ1) is 18.1. The van der Waals surface area contributed by atoms with Crippen molar-refractivity contribution in [1.29, 1.82) is 0 Å². The largest absolute Gasteiger partial charge is 0.365 e. The summed E-state index contributed by atoms with van der Waals surface area (Å²) in [5.41, 5.74) is 0.887. The lowest BCUT2D eigenvalue weighted by Gasteiger charge is -2.10. The SMILES string of the molecule is CCc1cc2c(NCc3cccc([N+](=O)[O-])c3)nc(-n3ccnc3C)nc2s1. The third kappa shape index (κ3) is 3.44. The van der Waals surface area contributed by atoms with Gasteiger partial charge in [-0.2, -0.15) is 4.98 Å². The maximum Gasteiger partial charge on any atom is 0.269 e. The number of imidazole rings is 1. The van der Waals surface area contributed by atoms with E-state index in [1.165, 1.54) is 10.9 Å². The summed E-state index contributed by atoms with van der Waals surface area (Å²) >= 11 is 1.64. The molecule has 0 aliphatic rings. The predicted octanol–water partition coefficient (Wildman–Crippen LogP) is 4.27. The minimum atomic E-state index is -0.390. The molecule has 9 heteroatoms. The highest BCUT2D eigenvalue weighted by Gasteiger charge is 2.14. The summed E-state index contributed by atoms with van der Waals surface area (Å²) in [4.78, 5) is 26.4. The first-order valence-corrected chi connectivity index (χ1v) is 9.64. The van der Waals surface area contributed by atoms with Crippen LogP contribution in [-0.2, 0) is 13.0 Å². The summed E-state index contributed by atoms with van der Waals surface area (Å²) in [6, 6.07) is 8.69. The molecule has 0 aliphatic carbocycles. The third-order valence-electron chi connectivity index (χ3n) is 4.40. The molecule has 28 heavy (non-hydrogen) atoms. The molecule has 1 aromatic carbocycles. The normalized spacial score (nSPS) is 11.1. The fourth-order valence-corrected chi connectivity index (χ4v) is 3.89. The number of fused-ring (bicyclic) bond motifs is 1. The summed E-state index contributed by atoms with van der Waals surface area (Å²) in [6.07, 6.45) is 4.46. The molecule has 0 fully saturated rings. The van der Waals surface area contributed by atoms with Gasteiger partial charge in [-0.3, -0.25) is 14.7 Å². The minimum absolute atomic E-state index is 0.0747. The molecular formula is C19H18N6O2S. The van der Waals surface area contributed by atoms with Crippen molar-refractivity contribution in [2.45, 2.75) is 26.8 Å².